The van der Waals surface area contributed by atoms with Crippen molar-refractivity contribution in [2.45, 2.75) is 17.9 Å². The largest absolute Gasteiger partial charge is 0.467 e. The lowest BCUT2D eigenvalue weighted by Gasteiger charge is -2.17. The SMILES string of the molecule is CC(Oc1nc(Br)cnc1NS(=O)(=O)c1cccc(Cl)c1Cl)c1ccc(=O)[nH]c1. The highest BCUT2D eigenvalue weighted by Crippen LogP contribution is 2.32. The summed E-state index contributed by atoms with van der Waals surface area (Å²) >= 11 is 15.1. The van der Waals surface area contributed by atoms with Crippen LogP contribution in [-0.2, 0) is 10.0 Å². The van der Waals surface area contributed by atoms with E-state index in [-0.39, 0.29) is 32.2 Å². The van der Waals surface area contributed by atoms with Crippen LogP contribution in [0.2, 0.25) is 10.0 Å². The molecule has 0 amide bonds. The first-order valence-electron chi connectivity index (χ1n) is 8.02. The Hall–Kier alpha value is -2.14. The Morgan fingerprint density at radius 3 is 2.69 bits per heavy atom. The molecule has 12 heteroatoms. The fraction of sp³-hybridized carbons (Fsp3) is 0.118. The van der Waals surface area contributed by atoms with Crippen molar-refractivity contribution in [1.82, 2.24) is 15.0 Å². The minimum Gasteiger partial charge on any atom is -0.467 e. The molecule has 0 aliphatic heterocycles. The van der Waals surface area contributed by atoms with Crippen LogP contribution in [0.3, 0.4) is 0 Å². The maximum Gasteiger partial charge on any atom is 0.264 e. The molecule has 3 rings (SSSR count). The summed E-state index contributed by atoms with van der Waals surface area (Å²) in [6.07, 6.45) is 2.25. The lowest BCUT2D eigenvalue weighted by atomic mass is 10.2. The molecular weight excluding hydrogens is 507 g/mol. The second kappa shape index (κ2) is 8.70. The van der Waals surface area contributed by atoms with Gasteiger partial charge in [-0.25, -0.2) is 18.4 Å². The molecule has 0 fully saturated rings. The zero-order chi connectivity index (χ0) is 21.2. The molecule has 0 bridgehead atoms. The van der Waals surface area contributed by atoms with Gasteiger partial charge in [-0.05, 0) is 41.1 Å². The average Bonchev–Trinajstić information content (AvgIpc) is 2.66. The number of pyridine rings is 1. The van der Waals surface area contributed by atoms with Gasteiger partial charge >= 0.3 is 0 Å². The zero-order valence-electron chi connectivity index (χ0n) is 14.7. The Kier molecular flexibility index (Phi) is 6.47. The zero-order valence-corrected chi connectivity index (χ0v) is 18.6. The van der Waals surface area contributed by atoms with E-state index in [4.69, 9.17) is 27.9 Å². The topological polar surface area (TPSA) is 114 Å². The van der Waals surface area contributed by atoms with Gasteiger partial charge in [0.05, 0.1) is 16.2 Å². The number of H-pyrrole nitrogens is 1. The van der Waals surface area contributed by atoms with Crippen molar-refractivity contribution >= 4 is 55.0 Å². The number of aromatic nitrogens is 3. The first-order valence-corrected chi connectivity index (χ1v) is 11.1. The molecule has 0 aliphatic rings. The van der Waals surface area contributed by atoms with Crippen molar-refractivity contribution in [2.24, 2.45) is 0 Å². The summed E-state index contributed by atoms with van der Waals surface area (Å²) in [6.45, 7) is 1.71. The predicted molar refractivity (Wildman–Crippen MR) is 113 cm³/mol. The summed E-state index contributed by atoms with van der Waals surface area (Å²) in [6, 6.07) is 7.19. The minimum atomic E-state index is -4.12. The van der Waals surface area contributed by atoms with Gasteiger partial charge in [-0.15, -0.1) is 0 Å². The van der Waals surface area contributed by atoms with E-state index in [1.807, 2.05) is 0 Å². The van der Waals surface area contributed by atoms with Crippen LogP contribution in [0.1, 0.15) is 18.6 Å². The van der Waals surface area contributed by atoms with Crippen molar-refractivity contribution in [2.75, 3.05) is 4.72 Å². The molecule has 1 aromatic carbocycles. The fourth-order valence-corrected chi connectivity index (χ4v) is 4.32. The number of halogens is 3. The highest BCUT2D eigenvalue weighted by molar-refractivity contribution is 9.10. The van der Waals surface area contributed by atoms with Crippen LogP contribution in [-0.4, -0.2) is 23.4 Å². The van der Waals surface area contributed by atoms with Gasteiger partial charge in [0.25, 0.3) is 15.9 Å². The number of hydrogen-bond donors (Lipinski definition) is 2. The number of ether oxygens (including phenoxy) is 1. The molecule has 1 unspecified atom stereocenters. The summed E-state index contributed by atoms with van der Waals surface area (Å²) in [5, 5.41) is -0.0181. The first-order chi connectivity index (χ1) is 13.7. The van der Waals surface area contributed by atoms with Crippen LogP contribution in [0.15, 0.2) is 57.0 Å². The average molecular weight is 520 g/mol. The molecule has 0 radical (unpaired) electrons. The maximum atomic E-state index is 12.8. The number of benzene rings is 1. The maximum absolute atomic E-state index is 12.8. The van der Waals surface area contributed by atoms with Crippen molar-refractivity contribution in [1.29, 1.82) is 0 Å². The van der Waals surface area contributed by atoms with Gasteiger partial charge < -0.3 is 9.72 Å². The smallest absolute Gasteiger partial charge is 0.264 e. The van der Waals surface area contributed by atoms with Crippen molar-refractivity contribution in [3.63, 3.8) is 0 Å². The number of anilines is 1. The van der Waals surface area contributed by atoms with E-state index in [2.05, 4.69) is 35.6 Å². The van der Waals surface area contributed by atoms with Crippen LogP contribution in [0, 0.1) is 0 Å². The van der Waals surface area contributed by atoms with Crippen LogP contribution >= 0.6 is 39.1 Å². The Balaban J connectivity index is 1.93. The van der Waals surface area contributed by atoms with E-state index in [1.165, 1.54) is 36.7 Å². The van der Waals surface area contributed by atoms with E-state index in [0.29, 0.717) is 10.2 Å². The molecule has 0 saturated carbocycles. The minimum absolute atomic E-state index is 0.0696. The molecule has 0 saturated heterocycles. The van der Waals surface area contributed by atoms with Crippen molar-refractivity contribution in [3.05, 3.63) is 73.3 Å². The lowest BCUT2D eigenvalue weighted by Crippen LogP contribution is -2.17. The van der Waals surface area contributed by atoms with Crippen molar-refractivity contribution < 1.29 is 13.2 Å². The number of nitrogens with zero attached hydrogens (tertiary/aromatic N) is 2. The third-order valence-corrected chi connectivity index (χ3v) is 6.41. The monoisotopic (exact) mass is 518 g/mol. The van der Waals surface area contributed by atoms with E-state index in [1.54, 1.807) is 13.0 Å². The van der Waals surface area contributed by atoms with Gasteiger partial charge in [-0.1, -0.05) is 29.3 Å². The molecule has 3 aromatic rings. The summed E-state index contributed by atoms with van der Waals surface area (Å²) in [7, 11) is -4.12. The predicted octanol–water partition coefficient (Wildman–Crippen LogP) is 4.18. The van der Waals surface area contributed by atoms with Gasteiger partial charge in [-0.2, -0.15) is 0 Å². The molecule has 2 heterocycles. The normalized spacial score (nSPS) is 12.4. The third kappa shape index (κ3) is 5.08. The molecule has 152 valence electrons. The molecule has 0 spiro atoms. The summed E-state index contributed by atoms with van der Waals surface area (Å²) in [5.41, 5.74) is 0.396. The Morgan fingerprint density at radius 2 is 2.00 bits per heavy atom. The van der Waals surface area contributed by atoms with E-state index >= 15 is 0 Å². The van der Waals surface area contributed by atoms with E-state index in [9.17, 15) is 13.2 Å². The van der Waals surface area contributed by atoms with E-state index in [0.717, 1.165) is 0 Å². The fourth-order valence-electron chi connectivity index (χ4n) is 2.29. The van der Waals surface area contributed by atoms with Crippen LogP contribution in [0.4, 0.5) is 5.82 Å². The van der Waals surface area contributed by atoms with Crippen LogP contribution < -0.4 is 15.0 Å². The number of nitrogens with one attached hydrogen (secondary N) is 2. The lowest BCUT2D eigenvalue weighted by molar-refractivity contribution is 0.217. The van der Waals surface area contributed by atoms with Crippen molar-refractivity contribution in [3.8, 4) is 5.88 Å². The van der Waals surface area contributed by atoms with Gasteiger partial charge in [-0.3, -0.25) is 9.52 Å². The molecular formula is C17H13BrCl2N4O4S. The second-order valence-electron chi connectivity index (χ2n) is 5.75. The quantitative estimate of drug-likeness (QED) is 0.505. The van der Waals surface area contributed by atoms with Gasteiger partial charge in [0.15, 0.2) is 0 Å². The third-order valence-electron chi connectivity index (χ3n) is 3.71. The Bertz CT molecular complexity index is 1200. The van der Waals surface area contributed by atoms with Crippen LogP contribution in [0.25, 0.3) is 0 Å². The number of rotatable bonds is 6. The highest BCUT2D eigenvalue weighted by Gasteiger charge is 2.23. The summed E-state index contributed by atoms with van der Waals surface area (Å²) in [4.78, 5) is 21.7. The summed E-state index contributed by atoms with van der Waals surface area (Å²) < 4.78 is 34.0. The first kappa shape index (κ1) is 21.6. The molecule has 8 nitrogen and oxygen atoms in total. The van der Waals surface area contributed by atoms with Gasteiger partial charge in [0.1, 0.15) is 15.6 Å². The molecule has 2 aromatic heterocycles. The highest BCUT2D eigenvalue weighted by atomic mass is 79.9. The molecule has 29 heavy (non-hydrogen) atoms. The Morgan fingerprint density at radius 1 is 1.24 bits per heavy atom. The summed E-state index contributed by atoms with van der Waals surface area (Å²) in [5.74, 6) is -0.208. The molecule has 1 atom stereocenters. The molecule has 0 aliphatic carbocycles. The van der Waals surface area contributed by atoms with E-state index < -0.39 is 16.1 Å². The number of sulfonamides is 1. The molecule has 2 N–H and O–H groups in total. The van der Waals surface area contributed by atoms with Crippen LogP contribution in [0.5, 0.6) is 5.88 Å². The number of hydrogen-bond acceptors (Lipinski definition) is 6. The number of aromatic amines is 1. The van der Waals surface area contributed by atoms with Gasteiger partial charge in [0, 0.05) is 17.8 Å². The second-order valence-corrected chi connectivity index (χ2v) is 9.00. The standard InChI is InChI=1S/C17H13BrCl2N4O4S/c1-9(10-5-6-14(25)21-7-10)28-17-16(22-8-13(18)23-17)24-29(26,27)12-4-2-3-11(19)15(12)20/h2-9H,1H3,(H,21,25)(H,22,24). The van der Waals surface area contributed by atoms with Gasteiger partial charge in [0.2, 0.25) is 11.4 Å². The Labute approximate surface area is 184 Å².